The van der Waals surface area contributed by atoms with E-state index in [9.17, 15) is 10.1 Å². The van der Waals surface area contributed by atoms with Crippen molar-refractivity contribution in [1.29, 1.82) is 5.26 Å². The maximum atomic E-state index is 11.3. The molecular weight excluding hydrogens is 310 g/mol. The lowest BCUT2D eigenvalue weighted by Gasteiger charge is -2.12. The van der Waals surface area contributed by atoms with Crippen molar-refractivity contribution in [3.05, 3.63) is 40.6 Å². The Balaban J connectivity index is 2.34. The molecule has 0 radical (unpaired) electrons. The standard InChI is InChI=1S/C17H13N3O2S/c1-10(21)19-17-12(8-18)7-14-13(11-5-6-23-9-11)3-4-15(22-2)16(14)20-17/h3-7,9H,1-2H3,(H,19,20,21). The number of benzene rings is 1. The highest BCUT2D eigenvalue weighted by Crippen LogP contribution is 2.36. The van der Waals surface area contributed by atoms with Crippen LogP contribution in [0.4, 0.5) is 5.82 Å². The topological polar surface area (TPSA) is 75.0 Å². The van der Waals surface area contributed by atoms with Crippen LogP contribution in [-0.4, -0.2) is 18.0 Å². The second-order valence-electron chi connectivity index (χ2n) is 4.90. The van der Waals surface area contributed by atoms with Crippen molar-refractivity contribution >= 4 is 34.0 Å². The molecule has 0 unspecified atom stereocenters. The number of pyridine rings is 1. The van der Waals surface area contributed by atoms with Gasteiger partial charge < -0.3 is 10.1 Å². The minimum Gasteiger partial charge on any atom is -0.494 e. The molecule has 1 N–H and O–H groups in total. The smallest absolute Gasteiger partial charge is 0.222 e. The van der Waals surface area contributed by atoms with Crippen LogP contribution in [0.5, 0.6) is 5.75 Å². The van der Waals surface area contributed by atoms with Gasteiger partial charge in [-0.15, -0.1) is 0 Å². The molecule has 23 heavy (non-hydrogen) atoms. The van der Waals surface area contributed by atoms with Gasteiger partial charge in [-0.05, 0) is 46.2 Å². The number of aromatic nitrogens is 1. The average molecular weight is 323 g/mol. The molecule has 0 saturated heterocycles. The summed E-state index contributed by atoms with van der Waals surface area (Å²) in [6.45, 7) is 1.38. The number of amides is 1. The van der Waals surface area contributed by atoms with E-state index < -0.39 is 0 Å². The lowest BCUT2D eigenvalue weighted by atomic mass is 10.0. The zero-order chi connectivity index (χ0) is 16.4. The molecule has 0 aliphatic heterocycles. The highest BCUT2D eigenvalue weighted by molar-refractivity contribution is 7.08. The molecule has 0 saturated carbocycles. The maximum Gasteiger partial charge on any atom is 0.222 e. The van der Waals surface area contributed by atoms with Gasteiger partial charge in [-0.1, -0.05) is 0 Å². The Labute approximate surface area is 137 Å². The zero-order valence-corrected chi connectivity index (χ0v) is 13.4. The molecular formula is C17H13N3O2S. The number of carbonyl (C=O) groups excluding carboxylic acids is 1. The van der Waals surface area contributed by atoms with Crippen molar-refractivity contribution in [2.45, 2.75) is 6.92 Å². The number of hydrogen-bond acceptors (Lipinski definition) is 5. The molecule has 1 amide bonds. The van der Waals surface area contributed by atoms with Crippen molar-refractivity contribution in [2.24, 2.45) is 0 Å². The number of fused-ring (bicyclic) bond motifs is 1. The normalized spacial score (nSPS) is 10.3. The molecule has 0 spiro atoms. The molecule has 0 aliphatic carbocycles. The molecule has 2 heterocycles. The van der Waals surface area contributed by atoms with Gasteiger partial charge >= 0.3 is 0 Å². The minimum absolute atomic E-state index is 0.244. The van der Waals surface area contributed by atoms with Crippen molar-refractivity contribution in [2.75, 3.05) is 12.4 Å². The van der Waals surface area contributed by atoms with E-state index in [4.69, 9.17) is 4.74 Å². The maximum absolute atomic E-state index is 11.3. The molecule has 0 aliphatic rings. The number of nitrogens with one attached hydrogen (secondary N) is 1. The molecule has 0 bridgehead atoms. The van der Waals surface area contributed by atoms with Crippen LogP contribution in [0, 0.1) is 11.3 Å². The van der Waals surface area contributed by atoms with Crippen molar-refractivity contribution < 1.29 is 9.53 Å². The predicted molar refractivity (Wildman–Crippen MR) is 90.6 cm³/mol. The van der Waals surface area contributed by atoms with Gasteiger partial charge in [0.05, 0.1) is 12.7 Å². The first-order valence-electron chi connectivity index (χ1n) is 6.86. The van der Waals surface area contributed by atoms with Gasteiger partial charge in [0.1, 0.15) is 17.3 Å². The van der Waals surface area contributed by atoms with Gasteiger partial charge in [-0.2, -0.15) is 16.6 Å². The van der Waals surface area contributed by atoms with Crippen LogP contribution in [0.2, 0.25) is 0 Å². The summed E-state index contributed by atoms with van der Waals surface area (Å²) in [6.07, 6.45) is 0. The molecule has 0 fully saturated rings. The van der Waals surface area contributed by atoms with Crippen LogP contribution in [0.1, 0.15) is 12.5 Å². The van der Waals surface area contributed by atoms with Gasteiger partial charge in [0.25, 0.3) is 0 Å². The van der Waals surface area contributed by atoms with Crippen molar-refractivity contribution in [1.82, 2.24) is 4.98 Å². The number of nitriles is 1. The molecule has 0 atom stereocenters. The van der Waals surface area contributed by atoms with Crippen LogP contribution in [-0.2, 0) is 4.79 Å². The number of rotatable bonds is 3. The molecule has 3 rings (SSSR count). The van der Waals surface area contributed by atoms with E-state index in [1.54, 1.807) is 24.5 Å². The highest BCUT2D eigenvalue weighted by atomic mass is 32.1. The number of hydrogen-bond donors (Lipinski definition) is 1. The number of ether oxygens (including phenoxy) is 1. The first kappa shape index (κ1) is 15.0. The Kier molecular flexibility index (Phi) is 3.96. The van der Waals surface area contributed by atoms with Gasteiger partial charge in [0.2, 0.25) is 5.91 Å². The number of nitrogens with zero attached hydrogens (tertiary/aromatic N) is 2. The van der Waals surface area contributed by atoms with Crippen molar-refractivity contribution in [3.8, 4) is 22.9 Å². The highest BCUT2D eigenvalue weighted by Gasteiger charge is 2.15. The van der Waals surface area contributed by atoms with Crippen LogP contribution in [0.3, 0.4) is 0 Å². The number of carbonyl (C=O) groups is 1. The lowest BCUT2D eigenvalue weighted by molar-refractivity contribution is -0.114. The minimum atomic E-state index is -0.277. The second-order valence-corrected chi connectivity index (χ2v) is 5.68. The third kappa shape index (κ3) is 2.74. The van der Waals surface area contributed by atoms with Gasteiger partial charge in [0, 0.05) is 12.3 Å². The van der Waals surface area contributed by atoms with E-state index in [2.05, 4.69) is 16.4 Å². The summed E-state index contributed by atoms with van der Waals surface area (Å²) in [5, 5.41) is 16.8. The molecule has 114 valence electrons. The Bertz CT molecular complexity index is 927. The van der Waals surface area contributed by atoms with E-state index in [1.807, 2.05) is 29.0 Å². The Morgan fingerprint density at radius 3 is 2.83 bits per heavy atom. The largest absolute Gasteiger partial charge is 0.494 e. The van der Waals surface area contributed by atoms with E-state index in [-0.39, 0.29) is 11.7 Å². The van der Waals surface area contributed by atoms with E-state index in [1.165, 1.54) is 6.92 Å². The first-order chi connectivity index (χ1) is 11.1. The van der Waals surface area contributed by atoms with E-state index in [0.717, 1.165) is 16.5 Å². The van der Waals surface area contributed by atoms with Gasteiger partial charge in [0.15, 0.2) is 5.82 Å². The number of anilines is 1. The molecule has 5 nitrogen and oxygen atoms in total. The van der Waals surface area contributed by atoms with Crippen LogP contribution >= 0.6 is 11.3 Å². The third-order valence-corrected chi connectivity index (χ3v) is 4.10. The van der Waals surface area contributed by atoms with E-state index in [0.29, 0.717) is 16.8 Å². The van der Waals surface area contributed by atoms with Crippen molar-refractivity contribution in [3.63, 3.8) is 0 Å². The predicted octanol–water partition coefficient (Wildman–Crippen LogP) is 3.80. The summed E-state index contributed by atoms with van der Waals surface area (Å²) >= 11 is 1.60. The quantitative estimate of drug-likeness (QED) is 0.795. The fraction of sp³-hybridized carbons (Fsp3) is 0.118. The summed E-state index contributed by atoms with van der Waals surface area (Å²) in [7, 11) is 1.57. The summed E-state index contributed by atoms with van der Waals surface area (Å²) in [5.41, 5.74) is 2.96. The van der Waals surface area contributed by atoms with Crippen LogP contribution < -0.4 is 10.1 Å². The third-order valence-electron chi connectivity index (χ3n) is 3.41. The Morgan fingerprint density at radius 2 is 2.22 bits per heavy atom. The van der Waals surface area contributed by atoms with Crippen LogP contribution in [0.25, 0.3) is 22.0 Å². The van der Waals surface area contributed by atoms with E-state index >= 15 is 0 Å². The monoisotopic (exact) mass is 323 g/mol. The summed E-state index contributed by atoms with van der Waals surface area (Å²) in [6, 6.07) is 9.63. The Morgan fingerprint density at radius 1 is 1.39 bits per heavy atom. The average Bonchev–Trinajstić information content (AvgIpc) is 3.06. The molecule has 3 aromatic rings. The first-order valence-corrected chi connectivity index (χ1v) is 7.80. The SMILES string of the molecule is COc1ccc(-c2ccsc2)c2cc(C#N)c(NC(C)=O)nc12. The summed E-state index contributed by atoms with van der Waals surface area (Å²) in [5.74, 6) is 0.560. The number of methoxy groups -OCH3 is 1. The summed E-state index contributed by atoms with van der Waals surface area (Å²) < 4.78 is 5.38. The fourth-order valence-electron chi connectivity index (χ4n) is 2.42. The molecule has 1 aromatic carbocycles. The molecule has 2 aromatic heterocycles. The number of thiophene rings is 1. The Hall–Kier alpha value is -2.91. The summed E-state index contributed by atoms with van der Waals surface area (Å²) in [4.78, 5) is 15.8. The molecule has 6 heteroatoms. The lowest BCUT2D eigenvalue weighted by Crippen LogP contribution is -2.09. The van der Waals surface area contributed by atoms with Crippen LogP contribution in [0.15, 0.2) is 35.0 Å². The fourth-order valence-corrected chi connectivity index (χ4v) is 3.07. The zero-order valence-electron chi connectivity index (χ0n) is 12.6. The van der Waals surface area contributed by atoms with Gasteiger partial charge in [-0.25, -0.2) is 4.98 Å². The van der Waals surface area contributed by atoms with Gasteiger partial charge in [-0.3, -0.25) is 4.79 Å². The second kappa shape index (κ2) is 6.07.